The molecule has 0 aliphatic heterocycles. The molecule has 1 rings (SSSR count). The van der Waals surface area contributed by atoms with E-state index < -0.39 is 5.97 Å². The first-order valence-corrected chi connectivity index (χ1v) is 7.88. The van der Waals surface area contributed by atoms with Gasteiger partial charge in [-0.15, -0.1) is 0 Å². The minimum absolute atomic E-state index is 0.0485. The van der Waals surface area contributed by atoms with Gasteiger partial charge in [-0.05, 0) is 38.0 Å². The van der Waals surface area contributed by atoms with Gasteiger partial charge in [0.05, 0.1) is 7.11 Å². The Morgan fingerprint density at radius 3 is 2.62 bits per heavy atom. The molecule has 0 spiro atoms. The molecule has 0 saturated carbocycles. The SMILES string of the molecule is C/C=C/c1ccc(OCC(=O)OCC(=O)NC(C)CC)c(OC)c1. The van der Waals surface area contributed by atoms with Crippen LogP contribution in [0.1, 0.15) is 32.8 Å². The third-order valence-corrected chi connectivity index (χ3v) is 3.28. The Balaban J connectivity index is 2.48. The predicted octanol–water partition coefficient (Wildman–Crippen LogP) is 2.57. The number of benzene rings is 1. The average molecular weight is 335 g/mol. The Labute approximate surface area is 142 Å². The highest BCUT2D eigenvalue weighted by atomic mass is 16.6. The fraction of sp³-hybridized carbons (Fsp3) is 0.444. The van der Waals surface area contributed by atoms with Crippen molar-refractivity contribution in [2.75, 3.05) is 20.3 Å². The highest BCUT2D eigenvalue weighted by Gasteiger charge is 2.12. The first-order chi connectivity index (χ1) is 11.5. The van der Waals surface area contributed by atoms with Crippen LogP contribution < -0.4 is 14.8 Å². The van der Waals surface area contributed by atoms with Gasteiger partial charge in [-0.3, -0.25) is 4.79 Å². The number of hydrogen-bond donors (Lipinski definition) is 1. The summed E-state index contributed by atoms with van der Waals surface area (Å²) in [4.78, 5) is 23.2. The Kier molecular flexibility index (Phi) is 8.39. The van der Waals surface area contributed by atoms with Crippen molar-refractivity contribution in [3.05, 3.63) is 29.8 Å². The zero-order valence-corrected chi connectivity index (χ0v) is 14.6. The summed E-state index contributed by atoms with van der Waals surface area (Å²) in [5, 5.41) is 2.71. The zero-order chi connectivity index (χ0) is 17.9. The van der Waals surface area contributed by atoms with E-state index in [-0.39, 0.29) is 25.2 Å². The molecule has 6 heteroatoms. The molecule has 0 bridgehead atoms. The minimum Gasteiger partial charge on any atom is -0.493 e. The summed E-state index contributed by atoms with van der Waals surface area (Å²) < 4.78 is 15.5. The van der Waals surface area contributed by atoms with Gasteiger partial charge in [0.15, 0.2) is 24.7 Å². The Bertz CT molecular complexity index is 583. The van der Waals surface area contributed by atoms with Crippen LogP contribution >= 0.6 is 0 Å². The number of amides is 1. The van der Waals surface area contributed by atoms with Crippen molar-refractivity contribution in [3.8, 4) is 11.5 Å². The number of carbonyl (C=O) groups is 2. The molecule has 0 aliphatic rings. The summed E-state index contributed by atoms with van der Waals surface area (Å²) in [7, 11) is 1.53. The van der Waals surface area contributed by atoms with E-state index in [0.717, 1.165) is 12.0 Å². The number of rotatable bonds is 9. The molecule has 132 valence electrons. The lowest BCUT2D eigenvalue weighted by molar-refractivity contribution is -0.150. The van der Waals surface area contributed by atoms with E-state index >= 15 is 0 Å². The number of nitrogens with one attached hydrogen (secondary N) is 1. The van der Waals surface area contributed by atoms with Gasteiger partial charge in [0.1, 0.15) is 0 Å². The molecule has 0 saturated heterocycles. The fourth-order valence-electron chi connectivity index (χ4n) is 1.84. The van der Waals surface area contributed by atoms with E-state index in [1.54, 1.807) is 12.1 Å². The van der Waals surface area contributed by atoms with E-state index in [2.05, 4.69) is 5.32 Å². The van der Waals surface area contributed by atoms with Gasteiger partial charge in [-0.1, -0.05) is 25.1 Å². The standard InChI is InChI=1S/C18H25NO5/c1-5-7-14-8-9-15(16(10-14)22-4)23-12-18(21)24-11-17(20)19-13(3)6-2/h5,7-10,13H,6,11-12H2,1-4H3,(H,19,20)/b7-5+. The topological polar surface area (TPSA) is 73.9 Å². The number of esters is 1. The van der Waals surface area contributed by atoms with Gasteiger partial charge in [0, 0.05) is 6.04 Å². The van der Waals surface area contributed by atoms with Crippen molar-refractivity contribution in [3.63, 3.8) is 0 Å². The van der Waals surface area contributed by atoms with E-state index in [9.17, 15) is 9.59 Å². The van der Waals surface area contributed by atoms with Crippen LogP contribution in [0.4, 0.5) is 0 Å². The second-order valence-corrected chi connectivity index (χ2v) is 5.24. The minimum atomic E-state index is -0.617. The van der Waals surface area contributed by atoms with Gasteiger partial charge in [0.2, 0.25) is 0 Å². The lowest BCUT2D eigenvalue weighted by atomic mass is 10.2. The molecule has 0 aliphatic carbocycles. The first-order valence-electron chi connectivity index (χ1n) is 7.88. The van der Waals surface area contributed by atoms with E-state index in [1.807, 2.05) is 39.0 Å². The van der Waals surface area contributed by atoms with Gasteiger partial charge in [-0.25, -0.2) is 4.79 Å². The van der Waals surface area contributed by atoms with E-state index in [0.29, 0.717) is 11.5 Å². The molecule has 0 aromatic heterocycles. The van der Waals surface area contributed by atoms with Gasteiger partial charge < -0.3 is 19.5 Å². The normalized spacial score (nSPS) is 11.8. The van der Waals surface area contributed by atoms with Crippen molar-refractivity contribution in [1.29, 1.82) is 0 Å². The lowest BCUT2D eigenvalue weighted by Gasteiger charge is -2.12. The van der Waals surface area contributed by atoms with Crippen LogP contribution in [0.2, 0.25) is 0 Å². The maximum absolute atomic E-state index is 11.7. The molecular formula is C18H25NO5. The Hall–Kier alpha value is -2.50. The van der Waals surface area contributed by atoms with Crippen molar-refractivity contribution in [1.82, 2.24) is 5.32 Å². The van der Waals surface area contributed by atoms with Crippen LogP contribution in [-0.2, 0) is 14.3 Å². The van der Waals surface area contributed by atoms with Crippen molar-refractivity contribution >= 4 is 18.0 Å². The molecule has 6 nitrogen and oxygen atoms in total. The molecule has 1 amide bonds. The highest BCUT2D eigenvalue weighted by molar-refractivity contribution is 5.81. The average Bonchev–Trinajstić information content (AvgIpc) is 2.58. The van der Waals surface area contributed by atoms with Crippen LogP contribution in [0.3, 0.4) is 0 Å². The zero-order valence-electron chi connectivity index (χ0n) is 14.6. The summed E-state index contributed by atoms with van der Waals surface area (Å²) in [6.07, 6.45) is 4.65. The van der Waals surface area contributed by atoms with Gasteiger partial charge in [-0.2, -0.15) is 0 Å². The number of carbonyl (C=O) groups excluding carboxylic acids is 2. The summed E-state index contributed by atoms with van der Waals surface area (Å²) in [5.74, 6) is 0.0135. The third-order valence-electron chi connectivity index (χ3n) is 3.28. The third kappa shape index (κ3) is 6.73. The smallest absolute Gasteiger partial charge is 0.344 e. The molecule has 0 radical (unpaired) electrons. The number of allylic oxidation sites excluding steroid dienone is 1. The largest absolute Gasteiger partial charge is 0.493 e. The molecule has 0 fully saturated rings. The summed E-state index contributed by atoms with van der Waals surface area (Å²) in [6.45, 7) is 5.15. The van der Waals surface area contributed by atoms with Crippen LogP contribution in [0.15, 0.2) is 24.3 Å². The van der Waals surface area contributed by atoms with E-state index in [1.165, 1.54) is 7.11 Å². The summed E-state index contributed by atoms with van der Waals surface area (Å²) >= 11 is 0. The molecule has 1 aromatic carbocycles. The van der Waals surface area contributed by atoms with Crippen LogP contribution in [-0.4, -0.2) is 38.2 Å². The monoisotopic (exact) mass is 335 g/mol. The fourth-order valence-corrected chi connectivity index (χ4v) is 1.84. The second-order valence-electron chi connectivity index (χ2n) is 5.24. The lowest BCUT2D eigenvalue weighted by Crippen LogP contribution is -2.35. The van der Waals surface area contributed by atoms with Crippen LogP contribution in [0.25, 0.3) is 6.08 Å². The molecule has 24 heavy (non-hydrogen) atoms. The molecular weight excluding hydrogens is 310 g/mol. The van der Waals surface area contributed by atoms with E-state index in [4.69, 9.17) is 14.2 Å². The maximum Gasteiger partial charge on any atom is 0.344 e. The van der Waals surface area contributed by atoms with Gasteiger partial charge in [0.25, 0.3) is 5.91 Å². The molecule has 1 atom stereocenters. The second kappa shape index (κ2) is 10.3. The quantitative estimate of drug-likeness (QED) is 0.702. The number of methoxy groups -OCH3 is 1. The molecule has 0 heterocycles. The van der Waals surface area contributed by atoms with Crippen molar-refractivity contribution in [2.45, 2.75) is 33.2 Å². The Morgan fingerprint density at radius 2 is 2.00 bits per heavy atom. The summed E-state index contributed by atoms with van der Waals surface area (Å²) in [6, 6.07) is 5.42. The van der Waals surface area contributed by atoms with Crippen LogP contribution in [0, 0.1) is 0 Å². The number of ether oxygens (including phenoxy) is 3. The van der Waals surface area contributed by atoms with Crippen molar-refractivity contribution in [2.24, 2.45) is 0 Å². The van der Waals surface area contributed by atoms with Crippen LogP contribution in [0.5, 0.6) is 11.5 Å². The molecule has 1 N–H and O–H groups in total. The van der Waals surface area contributed by atoms with Crippen molar-refractivity contribution < 1.29 is 23.8 Å². The predicted molar refractivity (Wildman–Crippen MR) is 92.1 cm³/mol. The molecule has 1 unspecified atom stereocenters. The Morgan fingerprint density at radius 1 is 1.25 bits per heavy atom. The number of hydrogen-bond acceptors (Lipinski definition) is 5. The highest BCUT2D eigenvalue weighted by Crippen LogP contribution is 2.28. The first kappa shape index (κ1) is 19.5. The molecule has 1 aromatic rings. The summed E-state index contributed by atoms with van der Waals surface area (Å²) in [5.41, 5.74) is 0.964. The maximum atomic E-state index is 11.7. The van der Waals surface area contributed by atoms with Gasteiger partial charge >= 0.3 is 5.97 Å².